The van der Waals surface area contributed by atoms with Crippen LogP contribution in [0.3, 0.4) is 0 Å². The highest BCUT2D eigenvalue weighted by Crippen LogP contribution is 2.30. The number of anilines is 2. The maximum absolute atomic E-state index is 14.4. The summed E-state index contributed by atoms with van der Waals surface area (Å²) < 4.78 is 21.9. The quantitative estimate of drug-likeness (QED) is 0.358. The van der Waals surface area contributed by atoms with Gasteiger partial charge in [-0.1, -0.05) is 0 Å². The van der Waals surface area contributed by atoms with Gasteiger partial charge in [-0.2, -0.15) is 0 Å². The van der Waals surface area contributed by atoms with E-state index in [-0.39, 0.29) is 41.4 Å². The number of benzene rings is 1. The molecule has 3 aromatic rings. The zero-order chi connectivity index (χ0) is 20.4. The lowest BCUT2D eigenvalue weighted by atomic mass is 10.1. The Balaban J connectivity index is 2.19. The number of aryl methyl sites for hydroxylation is 1. The molecule has 2 heterocycles. The van der Waals surface area contributed by atoms with Crippen molar-refractivity contribution in [2.24, 2.45) is 7.05 Å². The average Bonchev–Trinajstić information content (AvgIpc) is 3.03. The number of amides is 1. The maximum atomic E-state index is 14.4. The number of aliphatic hydroxyl groups is 1. The van der Waals surface area contributed by atoms with Crippen LogP contribution < -0.4 is 16.2 Å². The van der Waals surface area contributed by atoms with Gasteiger partial charge in [0.1, 0.15) is 17.2 Å². The van der Waals surface area contributed by atoms with Crippen molar-refractivity contribution in [3.8, 4) is 0 Å². The van der Waals surface area contributed by atoms with Crippen LogP contribution in [-0.4, -0.2) is 28.7 Å². The molecule has 1 amide bonds. The van der Waals surface area contributed by atoms with Crippen molar-refractivity contribution in [2.45, 2.75) is 13.3 Å². The van der Waals surface area contributed by atoms with Crippen LogP contribution in [0.15, 0.2) is 33.7 Å². The number of aromatic nitrogens is 1. The number of fused-ring (bicyclic) bond motifs is 1. The first-order chi connectivity index (χ1) is 13.3. The van der Waals surface area contributed by atoms with Gasteiger partial charge >= 0.3 is 0 Å². The first-order valence-electron chi connectivity index (χ1n) is 8.57. The fraction of sp³-hybridized carbons (Fsp3) is 0.263. The molecule has 1 aromatic carbocycles. The van der Waals surface area contributed by atoms with Gasteiger partial charge in [0.15, 0.2) is 5.58 Å². The van der Waals surface area contributed by atoms with E-state index in [9.17, 15) is 14.0 Å². The summed E-state index contributed by atoms with van der Waals surface area (Å²) in [4.78, 5) is 25.7. The summed E-state index contributed by atoms with van der Waals surface area (Å²) in [7, 11) is 1.51. The Morgan fingerprint density at radius 1 is 1.39 bits per heavy atom. The summed E-state index contributed by atoms with van der Waals surface area (Å²) in [6.45, 7) is 1.89. The molecule has 7 nitrogen and oxygen atoms in total. The molecule has 0 aliphatic rings. The molecule has 0 saturated heterocycles. The van der Waals surface area contributed by atoms with E-state index in [2.05, 4.69) is 10.6 Å². The lowest BCUT2D eigenvalue weighted by Gasteiger charge is -2.17. The van der Waals surface area contributed by atoms with Crippen molar-refractivity contribution < 1.29 is 18.7 Å². The number of nitrogens with one attached hydrogen (secondary N) is 2. The lowest BCUT2D eigenvalue weighted by Crippen LogP contribution is -2.30. The second-order valence-electron chi connectivity index (χ2n) is 6.29. The van der Waals surface area contributed by atoms with E-state index in [0.29, 0.717) is 20.9 Å². The van der Waals surface area contributed by atoms with Gasteiger partial charge in [0.2, 0.25) is 0 Å². The van der Waals surface area contributed by atoms with Crippen molar-refractivity contribution in [1.82, 2.24) is 9.88 Å². The highest BCUT2D eigenvalue weighted by Gasteiger charge is 2.25. The van der Waals surface area contributed by atoms with Gasteiger partial charge in [0, 0.05) is 29.3 Å². The van der Waals surface area contributed by atoms with Crippen molar-refractivity contribution in [3.63, 3.8) is 0 Å². The maximum Gasteiger partial charge on any atom is 0.263 e. The molecule has 0 aliphatic heterocycles. The number of carbonyl (C=O) groups is 1. The second kappa shape index (κ2) is 8.31. The van der Waals surface area contributed by atoms with Gasteiger partial charge in [0.05, 0.1) is 17.3 Å². The van der Waals surface area contributed by atoms with E-state index < -0.39 is 11.7 Å². The minimum Gasteiger partial charge on any atom is -0.463 e. The highest BCUT2D eigenvalue weighted by atomic mass is 127. The molecular weight excluding hydrogens is 480 g/mol. The summed E-state index contributed by atoms with van der Waals surface area (Å²) in [6, 6.07) is 4.59. The molecule has 0 bridgehead atoms. The Hall–Kier alpha value is -2.40. The van der Waals surface area contributed by atoms with E-state index >= 15 is 0 Å². The van der Waals surface area contributed by atoms with Crippen LogP contribution in [0.25, 0.3) is 11.0 Å². The van der Waals surface area contributed by atoms with Crippen LogP contribution in [0.1, 0.15) is 22.3 Å². The monoisotopic (exact) mass is 499 g/mol. The van der Waals surface area contributed by atoms with Gasteiger partial charge in [-0.05, 0) is 54.1 Å². The Labute approximate surface area is 173 Å². The first-order valence-corrected chi connectivity index (χ1v) is 9.65. The van der Waals surface area contributed by atoms with E-state index in [0.717, 1.165) is 0 Å². The number of pyridine rings is 1. The van der Waals surface area contributed by atoms with E-state index in [1.807, 2.05) is 22.6 Å². The predicted octanol–water partition coefficient (Wildman–Crippen LogP) is 3.04. The molecule has 9 heteroatoms. The molecule has 0 unspecified atom stereocenters. The zero-order valence-electron chi connectivity index (χ0n) is 15.3. The number of hydrogen-bond acceptors (Lipinski definition) is 5. The third-order valence-corrected chi connectivity index (χ3v) is 5.00. The zero-order valence-corrected chi connectivity index (χ0v) is 17.5. The standard InChI is InChI=1S/C19H19FIN3O4/c1-10-9-28-16-14(10)19(27)24(2)17(15(16)18(26)22-6-3-7-25)23-13-5-4-11(21)8-12(13)20/h4-5,8-9,23,25H,3,6-7H2,1-2H3,(H,22,26). The third-order valence-electron chi connectivity index (χ3n) is 4.32. The molecule has 0 atom stereocenters. The van der Waals surface area contributed by atoms with Crippen LogP contribution in [0.4, 0.5) is 15.9 Å². The second-order valence-corrected chi connectivity index (χ2v) is 7.54. The number of aliphatic hydroxyl groups excluding tert-OH is 1. The van der Waals surface area contributed by atoms with Gasteiger partial charge in [-0.15, -0.1) is 0 Å². The van der Waals surface area contributed by atoms with Gasteiger partial charge in [-0.3, -0.25) is 14.2 Å². The van der Waals surface area contributed by atoms with Gasteiger partial charge in [0.25, 0.3) is 11.5 Å². The fourth-order valence-corrected chi connectivity index (χ4v) is 3.34. The molecule has 0 fully saturated rings. The van der Waals surface area contributed by atoms with Crippen LogP contribution in [0.5, 0.6) is 0 Å². The van der Waals surface area contributed by atoms with Gasteiger partial charge < -0.3 is 20.2 Å². The van der Waals surface area contributed by atoms with E-state index in [1.54, 1.807) is 13.0 Å². The molecule has 3 N–H and O–H groups in total. The largest absolute Gasteiger partial charge is 0.463 e. The third kappa shape index (κ3) is 3.76. The molecular formula is C19H19FIN3O4. The summed E-state index contributed by atoms with van der Waals surface area (Å²) >= 11 is 1.99. The molecule has 28 heavy (non-hydrogen) atoms. The van der Waals surface area contributed by atoms with E-state index in [4.69, 9.17) is 9.52 Å². The lowest BCUT2D eigenvalue weighted by molar-refractivity contribution is 0.0952. The number of hydrogen-bond donors (Lipinski definition) is 3. The summed E-state index contributed by atoms with van der Waals surface area (Å²) in [5, 5.41) is 14.8. The van der Waals surface area contributed by atoms with Crippen molar-refractivity contribution in [3.05, 3.63) is 55.3 Å². The van der Waals surface area contributed by atoms with Crippen LogP contribution in [0, 0.1) is 16.3 Å². The molecule has 0 saturated carbocycles. The van der Waals surface area contributed by atoms with Crippen molar-refractivity contribution in [2.75, 3.05) is 18.5 Å². The predicted molar refractivity (Wildman–Crippen MR) is 113 cm³/mol. The minimum atomic E-state index is -0.512. The molecule has 0 aliphatic carbocycles. The molecule has 3 rings (SSSR count). The van der Waals surface area contributed by atoms with E-state index in [1.165, 1.54) is 30.0 Å². The Kier molecular flexibility index (Phi) is 6.04. The Bertz CT molecular complexity index is 1110. The van der Waals surface area contributed by atoms with Crippen LogP contribution >= 0.6 is 22.6 Å². The number of halogens is 2. The number of rotatable bonds is 6. The Morgan fingerprint density at radius 3 is 2.82 bits per heavy atom. The first kappa shape index (κ1) is 20.3. The fourth-order valence-electron chi connectivity index (χ4n) is 2.88. The normalized spacial score (nSPS) is 11.0. The topological polar surface area (TPSA) is 96.5 Å². The molecule has 148 valence electrons. The Morgan fingerprint density at radius 2 is 2.14 bits per heavy atom. The number of carbonyl (C=O) groups excluding carboxylic acids is 1. The number of furan rings is 1. The summed E-state index contributed by atoms with van der Waals surface area (Å²) in [5.74, 6) is -0.882. The smallest absolute Gasteiger partial charge is 0.263 e. The summed E-state index contributed by atoms with van der Waals surface area (Å²) in [5.41, 5.74) is 0.604. The van der Waals surface area contributed by atoms with Crippen molar-refractivity contribution in [1.29, 1.82) is 0 Å². The molecule has 2 aromatic heterocycles. The minimum absolute atomic E-state index is 0.0677. The van der Waals surface area contributed by atoms with Crippen molar-refractivity contribution >= 4 is 51.0 Å². The molecule has 0 spiro atoms. The molecule has 0 radical (unpaired) electrons. The number of nitrogens with zero attached hydrogens (tertiary/aromatic N) is 1. The van der Waals surface area contributed by atoms with Crippen LogP contribution in [0.2, 0.25) is 0 Å². The SMILES string of the molecule is Cc1coc2c(C(=O)NCCCO)c(Nc3ccc(I)cc3F)n(C)c(=O)c12. The highest BCUT2D eigenvalue weighted by molar-refractivity contribution is 14.1. The average molecular weight is 499 g/mol. The van der Waals surface area contributed by atoms with Crippen LogP contribution in [-0.2, 0) is 7.05 Å². The van der Waals surface area contributed by atoms with Gasteiger partial charge in [-0.25, -0.2) is 4.39 Å². The summed E-state index contributed by atoms with van der Waals surface area (Å²) in [6.07, 6.45) is 1.79.